The maximum Gasteiger partial charge on any atom is 0.285 e. The summed E-state index contributed by atoms with van der Waals surface area (Å²) in [6, 6.07) is 10.4. The van der Waals surface area contributed by atoms with E-state index in [2.05, 4.69) is 6.07 Å². The molecule has 1 atom stereocenters. The largest absolute Gasteiger partial charge is 0.479 e. The van der Waals surface area contributed by atoms with E-state index in [4.69, 9.17) is 4.74 Å². The van der Waals surface area contributed by atoms with Crippen molar-refractivity contribution in [3.8, 4) is 5.75 Å². The van der Waals surface area contributed by atoms with Crippen LogP contribution in [-0.4, -0.2) is 28.7 Å². The fourth-order valence-electron chi connectivity index (χ4n) is 1.35. The molecule has 1 aromatic carbocycles. The van der Waals surface area contributed by atoms with Crippen molar-refractivity contribution in [1.82, 2.24) is 4.90 Å². The Kier molecular flexibility index (Phi) is 5.91. The number of hydrogen-bond donors (Lipinski definition) is 0. The zero-order valence-corrected chi connectivity index (χ0v) is 11.3. The lowest BCUT2D eigenvalue weighted by Crippen LogP contribution is -2.28. The van der Waals surface area contributed by atoms with Crippen LogP contribution < -0.4 is 4.74 Å². The van der Waals surface area contributed by atoms with Gasteiger partial charge in [-0.2, -0.15) is 0 Å². The van der Waals surface area contributed by atoms with Crippen molar-refractivity contribution in [1.29, 1.82) is 0 Å². The fourth-order valence-corrected chi connectivity index (χ4v) is 2.19. The van der Waals surface area contributed by atoms with Crippen molar-refractivity contribution in [2.24, 2.45) is 0 Å². The van der Waals surface area contributed by atoms with Gasteiger partial charge in [-0.3, -0.25) is 4.79 Å². The Labute approximate surface area is 107 Å². The number of thioether (sulfide) groups is 1. The predicted octanol–water partition coefficient (Wildman–Crippen LogP) is 3.41. The van der Waals surface area contributed by atoms with Crippen LogP contribution in [0.5, 0.6) is 5.75 Å². The molecule has 0 aromatic heterocycles. The van der Waals surface area contributed by atoms with Crippen molar-refractivity contribution < 1.29 is 9.53 Å². The maximum absolute atomic E-state index is 11.8. The summed E-state index contributed by atoms with van der Waals surface area (Å²) in [4.78, 5) is 13.6. The third-order valence-electron chi connectivity index (χ3n) is 2.26. The molecule has 4 heteroatoms. The highest BCUT2D eigenvalue weighted by Crippen LogP contribution is 2.19. The molecule has 0 saturated carbocycles. The second-order valence-corrected chi connectivity index (χ2v) is 4.72. The molecule has 3 nitrogen and oxygen atoms in total. The summed E-state index contributed by atoms with van der Waals surface area (Å²) in [5, 5.41) is 0.0541. The monoisotopic (exact) mass is 252 g/mol. The lowest BCUT2D eigenvalue weighted by molar-refractivity contribution is 0.227. The number of carbonyl (C=O) groups excluding carboxylic acids is 1. The van der Waals surface area contributed by atoms with Crippen LogP contribution in [0.4, 0.5) is 4.79 Å². The quantitative estimate of drug-likeness (QED) is 0.752. The molecule has 0 heterocycles. The summed E-state index contributed by atoms with van der Waals surface area (Å²) in [6.07, 6.45) is 0. The number of benzene rings is 1. The zero-order valence-electron chi connectivity index (χ0n) is 10.5. The van der Waals surface area contributed by atoms with Gasteiger partial charge in [-0.05, 0) is 38.6 Å². The van der Waals surface area contributed by atoms with Crippen LogP contribution in [0, 0.1) is 6.07 Å². The number of ether oxygens (including phenoxy) is 1. The van der Waals surface area contributed by atoms with E-state index in [0.29, 0.717) is 5.75 Å². The Hall–Kier alpha value is -1.16. The van der Waals surface area contributed by atoms with E-state index < -0.39 is 0 Å². The van der Waals surface area contributed by atoms with Gasteiger partial charge in [0, 0.05) is 19.2 Å². The summed E-state index contributed by atoms with van der Waals surface area (Å²) in [5.74, 6) is 0.667. The van der Waals surface area contributed by atoms with E-state index in [1.807, 2.05) is 39.0 Å². The van der Waals surface area contributed by atoms with Crippen molar-refractivity contribution in [3.63, 3.8) is 0 Å². The third kappa shape index (κ3) is 4.69. The SMILES string of the molecule is CCN(CC)C(=O)SC(C)Oc1[c]cccc1. The van der Waals surface area contributed by atoms with Crippen LogP contribution >= 0.6 is 11.8 Å². The molecule has 0 aliphatic rings. The van der Waals surface area contributed by atoms with Gasteiger partial charge in [0.2, 0.25) is 0 Å². The number of hydrogen-bond acceptors (Lipinski definition) is 3. The Balaban J connectivity index is 2.44. The van der Waals surface area contributed by atoms with Crippen LogP contribution in [0.3, 0.4) is 0 Å². The molecular weight excluding hydrogens is 234 g/mol. The Bertz CT molecular complexity index is 339. The number of carbonyl (C=O) groups is 1. The molecule has 1 amide bonds. The van der Waals surface area contributed by atoms with Gasteiger partial charge in [-0.1, -0.05) is 18.2 Å². The van der Waals surface area contributed by atoms with Gasteiger partial charge < -0.3 is 9.64 Å². The average molecular weight is 252 g/mol. The topological polar surface area (TPSA) is 29.5 Å². The molecule has 0 spiro atoms. The van der Waals surface area contributed by atoms with Gasteiger partial charge in [-0.15, -0.1) is 0 Å². The van der Waals surface area contributed by atoms with Crippen LogP contribution in [0.2, 0.25) is 0 Å². The molecule has 1 radical (unpaired) electrons. The third-order valence-corrected chi connectivity index (χ3v) is 3.15. The second-order valence-electron chi connectivity index (χ2n) is 3.47. The van der Waals surface area contributed by atoms with Crippen molar-refractivity contribution >= 4 is 17.0 Å². The van der Waals surface area contributed by atoms with Crippen LogP contribution in [0.1, 0.15) is 20.8 Å². The molecule has 0 saturated heterocycles. The number of nitrogens with zero attached hydrogens (tertiary/aromatic N) is 1. The standard InChI is InChI=1S/C13H18NO2S/c1-4-14(5-2)13(15)17-11(3)16-12-9-7-6-8-10-12/h6-9,11H,4-5H2,1-3H3. The molecule has 1 aromatic rings. The lowest BCUT2D eigenvalue weighted by atomic mass is 10.3. The molecule has 1 unspecified atom stereocenters. The van der Waals surface area contributed by atoms with Gasteiger partial charge in [0.05, 0.1) is 0 Å². The van der Waals surface area contributed by atoms with Crippen LogP contribution in [0.25, 0.3) is 0 Å². The first kappa shape index (κ1) is 13.9. The van der Waals surface area contributed by atoms with E-state index in [1.54, 1.807) is 11.0 Å². The minimum Gasteiger partial charge on any atom is -0.479 e. The smallest absolute Gasteiger partial charge is 0.285 e. The predicted molar refractivity (Wildman–Crippen MR) is 71.3 cm³/mol. The minimum atomic E-state index is -0.207. The highest BCUT2D eigenvalue weighted by atomic mass is 32.2. The number of rotatable bonds is 5. The summed E-state index contributed by atoms with van der Waals surface area (Å²) >= 11 is 1.20. The van der Waals surface area contributed by atoms with Gasteiger partial charge in [0.25, 0.3) is 5.24 Å². The first-order chi connectivity index (χ1) is 8.17. The Morgan fingerprint density at radius 1 is 1.47 bits per heavy atom. The van der Waals surface area contributed by atoms with E-state index in [1.165, 1.54) is 11.8 Å². The van der Waals surface area contributed by atoms with Crippen LogP contribution in [0.15, 0.2) is 24.3 Å². The molecule has 0 aliphatic heterocycles. The van der Waals surface area contributed by atoms with E-state index in [0.717, 1.165) is 13.1 Å². The lowest BCUT2D eigenvalue weighted by Gasteiger charge is -2.20. The van der Waals surface area contributed by atoms with E-state index in [9.17, 15) is 4.79 Å². The minimum absolute atomic E-state index is 0.0541. The molecule has 0 fully saturated rings. The van der Waals surface area contributed by atoms with Crippen molar-refractivity contribution in [2.75, 3.05) is 13.1 Å². The summed E-state index contributed by atoms with van der Waals surface area (Å²) in [7, 11) is 0. The number of para-hydroxylation sites is 1. The molecule has 0 bridgehead atoms. The summed E-state index contributed by atoms with van der Waals surface area (Å²) in [6.45, 7) is 7.27. The van der Waals surface area contributed by atoms with Gasteiger partial charge in [0.1, 0.15) is 5.75 Å². The molecule has 0 N–H and O–H groups in total. The normalized spacial score (nSPS) is 11.9. The first-order valence-corrected chi connectivity index (χ1v) is 6.64. The summed E-state index contributed by atoms with van der Waals surface area (Å²) < 4.78 is 5.58. The highest BCUT2D eigenvalue weighted by molar-refractivity contribution is 8.13. The van der Waals surface area contributed by atoms with Gasteiger partial charge in [-0.25, -0.2) is 0 Å². The fraction of sp³-hybridized carbons (Fsp3) is 0.462. The second kappa shape index (κ2) is 7.22. The maximum atomic E-state index is 11.8. The molecule has 17 heavy (non-hydrogen) atoms. The van der Waals surface area contributed by atoms with Gasteiger partial charge in [0.15, 0.2) is 5.44 Å². The van der Waals surface area contributed by atoms with Crippen molar-refractivity contribution in [3.05, 3.63) is 30.3 Å². The number of amides is 1. The first-order valence-electron chi connectivity index (χ1n) is 5.76. The average Bonchev–Trinajstić information content (AvgIpc) is 2.31. The van der Waals surface area contributed by atoms with Gasteiger partial charge >= 0.3 is 0 Å². The van der Waals surface area contributed by atoms with Crippen molar-refractivity contribution in [2.45, 2.75) is 26.2 Å². The summed E-state index contributed by atoms with van der Waals surface area (Å²) in [5.41, 5.74) is -0.207. The molecule has 0 aliphatic carbocycles. The highest BCUT2D eigenvalue weighted by Gasteiger charge is 2.15. The van der Waals surface area contributed by atoms with Crippen LogP contribution in [-0.2, 0) is 0 Å². The molecular formula is C13H18NO2S. The zero-order chi connectivity index (χ0) is 12.7. The Morgan fingerprint density at radius 2 is 2.18 bits per heavy atom. The van der Waals surface area contributed by atoms with E-state index >= 15 is 0 Å². The molecule has 1 rings (SSSR count). The Morgan fingerprint density at radius 3 is 2.71 bits per heavy atom. The molecule has 93 valence electrons. The van der Waals surface area contributed by atoms with E-state index in [-0.39, 0.29) is 10.7 Å².